The Kier molecular flexibility index (Phi) is 4.57. The summed E-state index contributed by atoms with van der Waals surface area (Å²) in [6.45, 7) is 0.710. The highest BCUT2D eigenvalue weighted by atomic mass is 19.1. The van der Waals surface area contributed by atoms with Crippen LogP contribution in [0.3, 0.4) is 0 Å². The third-order valence-electron chi connectivity index (χ3n) is 3.47. The molecule has 1 aromatic carbocycles. The van der Waals surface area contributed by atoms with Crippen molar-refractivity contribution in [2.24, 2.45) is 0 Å². The number of hydrogen-bond acceptors (Lipinski definition) is 3. The van der Waals surface area contributed by atoms with E-state index in [1.54, 1.807) is 41.7 Å². The molecule has 3 rings (SSSR count). The van der Waals surface area contributed by atoms with Crippen LogP contribution in [0.15, 0.2) is 69.9 Å². The van der Waals surface area contributed by atoms with Gasteiger partial charge in [0.1, 0.15) is 17.3 Å². The third kappa shape index (κ3) is 4.10. The highest BCUT2D eigenvalue weighted by Crippen LogP contribution is 2.14. The average molecular weight is 313 g/mol. The lowest BCUT2D eigenvalue weighted by Gasteiger charge is -2.20. The summed E-state index contributed by atoms with van der Waals surface area (Å²) in [7, 11) is 0. The molecular weight excluding hydrogens is 297 g/mol. The lowest BCUT2D eigenvalue weighted by atomic mass is 10.1. The predicted molar refractivity (Wildman–Crippen MR) is 81.8 cm³/mol. The molecule has 118 valence electrons. The van der Waals surface area contributed by atoms with Crippen LogP contribution in [0.25, 0.3) is 0 Å². The highest BCUT2D eigenvalue weighted by molar-refractivity contribution is 5.78. The van der Waals surface area contributed by atoms with Gasteiger partial charge in [-0.05, 0) is 42.0 Å². The first-order chi connectivity index (χ1) is 11.2. The highest BCUT2D eigenvalue weighted by Gasteiger charge is 2.17. The summed E-state index contributed by atoms with van der Waals surface area (Å²) in [4.78, 5) is 14.3. The Morgan fingerprint density at radius 2 is 1.48 bits per heavy atom. The standard InChI is InChI=1S/C18H16FNO3/c19-15-7-5-14(6-8-15)11-18(21)20(12-16-3-1-9-22-16)13-17-4-2-10-23-17/h1-10H,11-13H2. The molecule has 1 amide bonds. The van der Waals surface area contributed by atoms with Crippen molar-refractivity contribution in [1.29, 1.82) is 0 Å². The van der Waals surface area contributed by atoms with Crippen molar-refractivity contribution in [3.63, 3.8) is 0 Å². The molecule has 0 unspecified atom stereocenters. The number of halogens is 1. The Morgan fingerprint density at radius 3 is 1.96 bits per heavy atom. The van der Waals surface area contributed by atoms with Crippen LogP contribution in [-0.2, 0) is 24.3 Å². The molecule has 5 heteroatoms. The summed E-state index contributed by atoms with van der Waals surface area (Å²) < 4.78 is 23.6. The molecular formula is C18H16FNO3. The van der Waals surface area contributed by atoms with Gasteiger partial charge in [0.05, 0.1) is 32.0 Å². The largest absolute Gasteiger partial charge is 0.467 e. The molecule has 0 N–H and O–H groups in total. The van der Waals surface area contributed by atoms with Crippen LogP contribution in [0.1, 0.15) is 17.1 Å². The number of rotatable bonds is 6. The van der Waals surface area contributed by atoms with E-state index in [2.05, 4.69) is 0 Å². The molecule has 0 saturated heterocycles. The van der Waals surface area contributed by atoms with Crippen LogP contribution in [0.4, 0.5) is 4.39 Å². The lowest BCUT2D eigenvalue weighted by molar-refractivity contribution is -0.132. The fraction of sp³-hybridized carbons (Fsp3) is 0.167. The number of nitrogens with zero attached hydrogens (tertiary/aromatic N) is 1. The molecule has 4 nitrogen and oxygen atoms in total. The molecule has 0 radical (unpaired) electrons. The van der Waals surface area contributed by atoms with Crippen LogP contribution in [0, 0.1) is 5.82 Å². The number of hydrogen-bond donors (Lipinski definition) is 0. The van der Waals surface area contributed by atoms with Crippen LogP contribution < -0.4 is 0 Å². The zero-order valence-corrected chi connectivity index (χ0v) is 12.4. The molecule has 0 bridgehead atoms. The summed E-state index contributed by atoms with van der Waals surface area (Å²) in [5.41, 5.74) is 0.764. The number of carbonyl (C=O) groups excluding carboxylic acids is 1. The third-order valence-corrected chi connectivity index (χ3v) is 3.47. The van der Waals surface area contributed by atoms with E-state index in [0.717, 1.165) is 5.56 Å². The van der Waals surface area contributed by atoms with Gasteiger partial charge in [-0.1, -0.05) is 12.1 Å². The van der Waals surface area contributed by atoms with Gasteiger partial charge in [0.2, 0.25) is 5.91 Å². The maximum atomic E-state index is 13.0. The lowest BCUT2D eigenvalue weighted by Crippen LogP contribution is -2.31. The van der Waals surface area contributed by atoms with Gasteiger partial charge in [0, 0.05) is 0 Å². The number of carbonyl (C=O) groups is 1. The van der Waals surface area contributed by atoms with Crippen molar-refractivity contribution in [3.05, 3.63) is 84.0 Å². The zero-order valence-electron chi connectivity index (χ0n) is 12.4. The topological polar surface area (TPSA) is 46.6 Å². The van der Waals surface area contributed by atoms with Gasteiger partial charge in [0.15, 0.2) is 0 Å². The molecule has 0 fully saturated rings. The van der Waals surface area contributed by atoms with Crippen LogP contribution in [0.5, 0.6) is 0 Å². The van der Waals surface area contributed by atoms with Gasteiger partial charge in [-0.3, -0.25) is 4.79 Å². The number of furan rings is 2. The minimum absolute atomic E-state index is 0.0793. The molecule has 0 saturated carbocycles. The molecule has 2 aromatic heterocycles. The van der Waals surface area contributed by atoms with Gasteiger partial charge in [-0.25, -0.2) is 4.39 Å². The molecule has 0 atom stereocenters. The summed E-state index contributed by atoms with van der Waals surface area (Å²) in [6, 6.07) is 13.1. The first-order valence-corrected chi connectivity index (χ1v) is 7.28. The van der Waals surface area contributed by atoms with E-state index < -0.39 is 0 Å². The van der Waals surface area contributed by atoms with Gasteiger partial charge in [0.25, 0.3) is 0 Å². The zero-order chi connectivity index (χ0) is 16.1. The Hall–Kier alpha value is -2.82. The van der Waals surface area contributed by atoms with Crippen LogP contribution >= 0.6 is 0 Å². The van der Waals surface area contributed by atoms with Crippen molar-refractivity contribution in [2.75, 3.05) is 0 Å². The Bertz CT molecular complexity index is 697. The summed E-state index contributed by atoms with van der Waals surface area (Å²) in [6.07, 6.45) is 3.34. The van der Waals surface area contributed by atoms with E-state index in [-0.39, 0.29) is 18.1 Å². The first-order valence-electron chi connectivity index (χ1n) is 7.28. The minimum atomic E-state index is -0.316. The molecule has 0 spiro atoms. The summed E-state index contributed by atoms with van der Waals surface area (Å²) in [5.74, 6) is 1.00. The van der Waals surface area contributed by atoms with Gasteiger partial charge < -0.3 is 13.7 Å². The summed E-state index contributed by atoms with van der Waals surface area (Å²) >= 11 is 0. The monoisotopic (exact) mass is 313 g/mol. The van der Waals surface area contributed by atoms with Gasteiger partial charge in [-0.2, -0.15) is 0 Å². The van der Waals surface area contributed by atoms with E-state index in [0.29, 0.717) is 24.6 Å². The molecule has 0 aliphatic heterocycles. The second-order valence-corrected chi connectivity index (χ2v) is 5.21. The molecule has 2 heterocycles. The smallest absolute Gasteiger partial charge is 0.227 e. The van der Waals surface area contributed by atoms with Crippen LogP contribution in [0.2, 0.25) is 0 Å². The maximum Gasteiger partial charge on any atom is 0.227 e. The summed E-state index contributed by atoms with van der Waals surface area (Å²) in [5, 5.41) is 0. The van der Waals surface area contributed by atoms with Crippen LogP contribution in [-0.4, -0.2) is 10.8 Å². The van der Waals surface area contributed by atoms with Crippen molar-refractivity contribution in [3.8, 4) is 0 Å². The molecule has 23 heavy (non-hydrogen) atoms. The molecule has 3 aromatic rings. The first kappa shape index (κ1) is 15.1. The van der Waals surface area contributed by atoms with Crippen molar-refractivity contribution < 1.29 is 18.0 Å². The van der Waals surface area contributed by atoms with E-state index in [1.807, 2.05) is 12.1 Å². The number of amides is 1. The van der Waals surface area contributed by atoms with Gasteiger partial charge >= 0.3 is 0 Å². The van der Waals surface area contributed by atoms with E-state index >= 15 is 0 Å². The van der Waals surface area contributed by atoms with E-state index in [9.17, 15) is 9.18 Å². The quantitative estimate of drug-likeness (QED) is 0.695. The van der Waals surface area contributed by atoms with E-state index in [4.69, 9.17) is 8.83 Å². The van der Waals surface area contributed by atoms with E-state index in [1.165, 1.54) is 12.1 Å². The van der Waals surface area contributed by atoms with Crippen molar-refractivity contribution in [1.82, 2.24) is 4.90 Å². The number of benzene rings is 1. The Balaban J connectivity index is 1.73. The SMILES string of the molecule is O=C(Cc1ccc(F)cc1)N(Cc1ccco1)Cc1ccco1. The molecule has 0 aliphatic rings. The van der Waals surface area contributed by atoms with Crippen molar-refractivity contribution >= 4 is 5.91 Å². The Morgan fingerprint density at radius 1 is 0.913 bits per heavy atom. The minimum Gasteiger partial charge on any atom is -0.467 e. The average Bonchev–Trinajstić information content (AvgIpc) is 3.22. The maximum absolute atomic E-state index is 13.0. The molecule has 0 aliphatic carbocycles. The van der Waals surface area contributed by atoms with Crippen molar-refractivity contribution in [2.45, 2.75) is 19.5 Å². The fourth-order valence-corrected chi connectivity index (χ4v) is 2.30. The van der Waals surface area contributed by atoms with Gasteiger partial charge in [-0.15, -0.1) is 0 Å². The second-order valence-electron chi connectivity index (χ2n) is 5.21. The fourth-order valence-electron chi connectivity index (χ4n) is 2.30. The predicted octanol–water partition coefficient (Wildman–Crippen LogP) is 3.78. The normalized spacial score (nSPS) is 10.7. The Labute approximate surface area is 133 Å². The second kappa shape index (κ2) is 6.96.